The van der Waals surface area contributed by atoms with Crippen molar-refractivity contribution in [2.24, 2.45) is 0 Å². The monoisotopic (exact) mass is 501 g/mol. The lowest BCUT2D eigenvalue weighted by Crippen LogP contribution is -2.44. The Bertz CT molecular complexity index is 1190. The second-order valence-electron chi connectivity index (χ2n) is 8.50. The number of rotatable bonds is 7. The first-order chi connectivity index (χ1) is 17.2. The zero-order chi connectivity index (χ0) is 25.7. The fourth-order valence-corrected chi connectivity index (χ4v) is 3.99. The number of oxazole rings is 1. The van der Waals surface area contributed by atoms with E-state index in [1.165, 1.54) is 18.3 Å². The van der Waals surface area contributed by atoms with Gasteiger partial charge in [-0.1, -0.05) is 25.1 Å². The van der Waals surface area contributed by atoms with Crippen LogP contribution in [0.2, 0.25) is 0 Å². The van der Waals surface area contributed by atoms with Crippen molar-refractivity contribution in [1.82, 2.24) is 15.3 Å². The van der Waals surface area contributed by atoms with E-state index in [-0.39, 0.29) is 23.5 Å². The van der Waals surface area contributed by atoms with Gasteiger partial charge in [-0.05, 0) is 43.5 Å². The summed E-state index contributed by atoms with van der Waals surface area (Å²) in [4.78, 5) is 34.7. The van der Waals surface area contributed by atoms with Gasteiger partial charge in [0.05, 0.1) is 11.9 Å². The van der Waals surface area contributed by atoms with Gasteiger partial charge >= 0.3 is 6.18 Å². The average Bonchev–Trinajstić information content (AvgIpc) is 3.33. The number of carbonyl (C=O) groups excluding carboxylic acids is 2. The largest absolute Gasteiger partial charge is 0.452 e. The van der Waals surface area contributed by atoms with Crippen molar-refractivity contribution in [2.45, 2.75) is 44.8 Å². The van der Waals surface area contributed by atoms with E-state index in [0.29, 0.717) is 30.9 Å². The lowest BCUT2D eigenvalue weighted by Gasteiger charge is -2.33. The number of pyridine rings is 1. The molecule has 3 heterocycles. The lowest BCUT2D eigenvalue weighted by atomic mass is 10.0. The van der Waals surface area contributed by atoms with E-state index in [2.05, 4.69) is 25.5 Å². The first-order valence-corrected chi connectivity index (χ1v) is 11.7. The number of halogens is 3. The number of benzene rings is 1. The van der Waals surface area contributed by atoms with Crippen LogP contribution < -0.4 is 15.5 Å². The van der Waals surface area contributed by atoms with Gasteiger partial charge in [-0.15, -0.1) is 0 Å². The summed E-state index contributed by atoms with van der Waals surface area (Å²) in [5.74, 6) is -2.07. The van der Waals surface area contributed by atoms with Crippen LogP contribution in [-0.4, -0.2) is 40.9 Å². The molecule has 1 aliphatic heterocycles. The molecule has 2 amide bonds. The van der Waals surface area contributed by atoms with Gasteiger partial charge < -0.3 is 20.0 Å². The summed E-state index contributed by atoms with van der Waals surface area (Å²) in [6.07, 6.45) is -0.622. The first kappa shape index (κ1) is 25.2. The van der Waals surface area contributed by atoms with E-state index >= 15 is 0 Å². The second kappa shape index (κ2) is 10.8. The van der Waals surface area contributed by atoms with Crippen molar-refractivity contribution in [3.05, 3.63) is 60.1 Å². The highest BCUT2D eigenvalue weighted by Gasteiger charge is 2.42. The predicted molar refractivity (Wildman–Crippen MR) is 127 cm³/mol. The van der Waals surface area contributed by atoms with Gasteiger partial charge in [0.2, 0.25) is 17.6 Å². The summed E-state index contributed by atoms with van der Waals surface area (Å²) >= 11 is 0. The van der Waals surface area contributed by atoms with Crippen molar-refractivity contribution in [3.8, 4) is 11.5 Å². The van der Waals surface area contributed by atoms with E-state index in [1.54, 1.807) is 30.3 Å². The molecule has 1 aromatic carbocycles. The Morgan fingerprint density at radius 2 is 1.83 bits per heavy atom. The van der Waals surface area contributed by atoms with Gasteiger partial charge in [0, 0.05) is 31.1 Å². The molecule has 8 nitrogen and oxygen atoms in total. The quantitative estimate of drug-likeness (QED) is 0.478. The number of hydrogen-bond acceptors (Lipinski definition) is 6. The summed E-state index contributed by atoms with van der Waals surface area (Å²) in [5, 5.41) is 5.45. The Morgan fingerprint density at radius 3 is 2.44 bits per heavy atom. The van der Waals surface area contributed by atoms with Crippen LogP contribution in [0.4, 0.5) is 24.7 Å². The molecule has 1 aliphatic rings. The van der Waals surface area contributed by atoms with Crippen LogP contribution in [0.1, 0.15) is 48.9 Å². The van der Waals surface area contributed by atoms with Crippen molar-refractivity contribution in [2.75, 3.05) is 23.3 Å². The molecule has 190 valence electrons. The predicted octanol–water partition coefficient (Wildman–Crippen LogP) is 4.89. The molecule has 0 radical (unpaired) electrons. The molecule has 0 atom stereocenters. The number of amides is 2. The molecule has 1 saturated heterocycles. The number of alkyl halides is 3. The van der Waals surface area contributed by atoms with E-state index in [9.17, 15) is 22.8 Å². The second-order valence-corrected chi connectivity index (χ2v) is 8.50. The maximum absolute atomic E-state index is 13.5. The molecule has 4 rings (SSSR count). The molecule has 0 unspecified atom stereocenters. The fraction of sp³-hybridized carbons (Fsp3) is 0.360. The number of nitrogens with one attached hydrogen (secondary N) is 2. The molecule has 2 N–H and O–H groups in total. The van der Waals surface area contributed by atoms with Gasteiger partial charge in [0.15, 0.2) is 5.69 Å². The number of nitrogens with zero attached hydrogens (tertiary/aromatic N) is 3. The third-order valence-electron chi connectivity index (χ3n) is 5.79. The fourth-order valence-electron chi connectivity index (χ4n) is 3.99. The molecule has 3 aromatic rings. The maximum atomic E-state index is 13.5. The van der Waals surface area contributed by atoms with Crippen LogP contribution in [0, 0.1) is 0 Å². The average molecular weight is 502 g/mol. The molecule has 0 spiro atoms. The van der Waals surface area contributed by atoms with Crippen molar-refractivity contribution >= 4 is 23.3 Å². The summed E-state index contributed by atoms with van der Waals surface area (Å²) < 4.78 is 45.5. The normalized spacial score (nSPS) is 14.5. The van der Waals surface area contributed by atoms with Crippen LogP contribution >= 0.6 is 0 Å². The van der Waals surface area contributed by atoms with E-state index in [1.807, 2.05) is 6.92 Å². The van der Waals surface area contributed by atoms with Gasteiger partial charge in [-0.2, -0.15) is 13.2 Å². The molecule has 1 fully saturated rings. The first-order valence-electron chi connectivity index (χ1n) is 11.7. The van der Waals surface area contributed by atoms with Crippen LogP contribution in [0.3, 0.4) is 0 Å². The Hall–Kier alpha value is -3.89. The highest BCUT2D eigenvalue weighted by molar-refractivity contribution is 6.04. The summed E-state index contributed by atoms with van der Waals surface area (Å²) in [7, 11) is 0. The smallest absolute Gasteiger partial charge is 0.431 e. The Morgan fingerprint density at radius 1 is 1.11 bits per heavy atom. The highest BCUT2D eigenvalue weighted by Crippen LogP contribution is 2.35. The van der Waals surface area contributed by atoms with E-state index < -0.39 is 23.5 Å². The Labute approximate surface area is 205 Å². The maximum Gasteiger partial charge on any atom is 0.452 e. The summed E-state index contributed by atoms with van der Waals surface area (Å²) in [6.45, 7) is 3.36. The van der Waals surface area contributed by atoms with Crippen molar-refractivity contribution < 1.29 is 27.2 Å². The number of hydrogen-bond donors (Lipinski definition) is 2. The van der Waals surface area contributed by atoms with Crippen molar-refractivity contribution in [3.63, 3.8) is 0 Å². The summed E-state index contributed by atoms with van der Waals surface area (Å²) in [6, 6.07) is 11.4. The number of anilines is 2. The van der Waals surface area contributed by atoms with Crippen LogP contribution in [0.5, 0.6) is 0 Å². The van der Waals surface area contributed by atoms with Gasteiger partial charge in [0.1, 0.15) is 5.82 Å². The minimum atomic E-state index is -4.89. The van der Waals surface area contributed by atoms with Gasteiger partial charge in [-0.3, -0.25) is 9.59 Å². The van der Waals surface area contributed by atoms with Crippen LogP contribution in [-0.2, 0) is 11.0 Å². The molecule has 11 heteroatoms. The third kappa shape index (κ3) is 6.02. The molecular formula is C25H26F3N5O3. The minimum absolute atomic E-state index is 0.0610. The van der Waals surface area contributed by atoms with E-state index in [0.717, 1.165) is 19.3 Å². The molecule has 0 bridgehead atoms. The number of carbonyl (C=O) groups is 2. The third-order valence-corrected chi connectivity index (χ3v) is 5.79. The topological polar surface area (TPSA) is 100 Å². The zero-order valence-electron chi connectivity index (χ0n) is 19.6. The molecule has 2 aromatic heterocycles. The molecule has 0 aliphatic carbocycles. The SMILES string of the molecule is CCCC(=O)NC1CCN(c2ccc(NC(=O)c3nc(-c4ccccc4)oc3C(F)(F)F)cn2)CC1. The minimum Gasteiger partial charge on any atom is -0.431 e. The Balaban J connectivity index is 1.41. The number of aromatic nitrogens is 2. The van der Waals surface area contributed by atoms with Crippen LogP contribution in [0.15, 0.2) is 53.1 Å². The van der Waals surface area contributed by atoms with Gasteiger partial charge in [-0.25, -0.2) is 9.97 Å². The lowest BCUT2D eigenvalue weighted by molar-refractivity contribution is -0.153. The zero-order valence-corrected chi connectivity index (χ0v) is 19.6. The number of piperidine rings is 1. The molecule has 36 heavy (non-hydrogen) atoms. The highest BCUT2D eigenvalue weighted by atomic mass is 19.4. The Kier molecular flexibility index (Phi) is 7.56. The van der Waals surface area contributed by atoms with Crippen molar-refractivity contribution in [1.29, 1.82) is 0 Å². The standard InChI is InChI=1S/C25H26F3N5O3/c1-2-6-20(34)30-17-11-13-33(14-12-17)19-10-9-18(15-29-19)31-23(35)21-22(25(26,27)28)36-24(32-21)16-7-4-3-5-8-16/h3-5,7-10,15,17H,2,6,11-14H2,1H3,(H,30,34)(H,31,35). The van der Waals surface area contributed by atoms with Gasteiger partial charge in [0.25, 0.3) is 5.91 Å². The van der Waals surface area contributed by atoms with E-state index in [4.69, 9.17) is 4.42 Å². The van der Waals surface area contributed by atoms with Crippen LogP contribution in [0.25, 0.3) is 11.5 Å². The summed E-state index contributed by atoms with van der Waals surface area (Å²) in [5.41, 5.74) is -0.303. The molecular weight excluding hydrogens is 475 g/mol. The molecule has 0 saturated carbocycles.